The second-order valence-corrected chi connectivity index (χ2v) is 6.16. The highest BCUT2D eigenvalue weighted by molar-refractivity contribution is 4.81. The van der Waals surface area contributed by atoms with E-state index in [-0.39, 0.29) is 0 Å². The third-order valence-corrected chi connectivity index (χ3v) is 4.60. The Morgan fingerprint density at radius 3 is 2.00 bits per heavy atom. The first-order valence-electron chi connectivity index (χ1n) is 7.30. The molecule has 0 aromatic heterocycles. The smallest absolute Gasteiger partial charge is 0.00693 e. The SMILES string of the molecule is CCC1CCC(C(C)C(C)NC(C)C)CC1. The minimum atomic E-state index is 0.615. The normalized spacial score (nSPS) is 30.4. The summed E-state index contributed by atoms with van der Waals surface area (Å²) in [4.78, 5) is 0. The first-order valence-corrected chi connectivity index (χ1v) is 7.30. The van der Waals surface area contributed by atoms with Gasteiger partial charge in [0.2, 0.25) is 0 Å². The number of nitrogens with one attached hydrogen (secondary N) is 1. The lowest BCUT2D eigenvalue weighted by molar-refractivity contribution is 0.179. The van der Waals surface area contributed by atoms with Crippen LogP contribution in [0.15, 0.2) is 0 Å². The lowest BCUT2D eigenvalue weighted by atomic mass is 9.73. The monoisotopic (exact) mass is 225 g/mol. The van der Waals surface area contributed by atoms with Gasteiger partial charge in [0, 0.05) is 12.1 Å². The summed E-state index contributed by atoms with van der Waals surface area (Å²) in [7, 11) is 0. The Hall–Kier alpha value is -0.0400. The molecule has 1 heteroatoms. The fraction of sp³-hybridized carbons (Fsp3) is 1.00. The molecule has 0 spiro atoms. The van der Waals surface area contributed by atoms with Crippen molar-refractivity contribution >= 4 is 0 Å². The standard InChI is InChI=1S/C15H31N/c1-6-14-7-9-15(10-8-14)12(4)13(5)16-11(2)3/h11-16H,6-10H2,1-5H3. The van der Waals surface area contributed by atoms with E-state index in [0.717, 1.165) is 17.8 Å². The number of hydrogen-bond acceptors (Lipinski definition) is 1. The lowest BCUT2D eigenvalue weighted by Crippen LogP contribution is -2.40. The van der Waals surface area contributed by atoms with Gasteiger partial charge in [-0.25, -0.2) is 0 Å². The van der Waals surface area contributed by atoms with E-state index in [4.69, 9.17) is 0 Å². The first kappa shape index (κ1) is 14.0. The average Bonchev–Trinajstić information content (AvgIpc) is 2.27. The average molecular weight is 225 g/mol. The predicted octanol–water partition coefficient (Wildman–Crippen LogP) is 4.23. The number of hydrogen-bond donors (Lipinski definition) is 1. The van der Waals surface area contributed by atoms with Crippen LogP contribution in [0.5, 0.6) is 0 Å². The third kappa shape index (κ3) is 4.08. The van der Waals surface area contributed by atoms with Gasteiger partial charge >= 0.3 is 0 Å². The first-order chi connectivity index (χ1) is 7.54. The van der Waals surface area contributed by atoms with E-state index in [1.807, 2.05) is 0 Å². The van der Waals surface area contributed by atoms with E-state index < -0.39 is 0 Å². The van der Waals surface area contributed by atoms with Gasteiger partial charge < -0.3 is 5.32 Å². The van der Waals surface area contributed by atoms with Gasteiger partial charge in [0.15, 0.2) is 0 Å². The molecular formula is C15H31N. The van der Waals surface area contributed by atoms with E-state index in [1.54, 1.807) is 0 Å². The van der Waals surface area contributed by atoms with Crippen molar-refractivity contribution < 1.29 is 0 Å². The van der Waals surface area contributed by atoms with Crippen LogP contribution in [0.3, 0.4) is 0 Å². The Labute approximate surface area is 102 Å². The lowest BCUT2D eigenvalue weighted by Gasteiger charge is -2.35. The molecule has 16 heavy (non-hydrogen) atoms. The highest BCUT2D eigenvalue weighted by Crippen LogP contribution is 2.35. The van der Waals surface area contributed by atoms with E-state index in [2.05, 4.69) is 39.9 Å². The van der Waals surface area contributed by atoms with E-state index in [0.29, 0.717) is 12.1 Å². The molecule has 2 unspecified atom stereocenters. The highest BCUT2D eigenvalue weighted by atomic mass is 14.9. The summed E-state index contributed by atoms with van der Waals surface area (Å²) in [6.07, 6.45) is 7.26. The maximum absolute atomic E-state index is 3.66. The van der Waals surface area contributed by atoms with Crippen molar-refractivity contribution in [1.29, 1.82) is 0 Å². The van der Waals surface area contributed by atoms with Crippen LogP contribution in [0.4, 0.5) is 0 Å². The van der Waals surface area contributed by atoms with Crippen LogP contribution < -0.4 is 5.32 Å². The van der Waals surface area contributed by atoms with Gasteiger partial charge in [-0.1, -0.05) is 47.0 Å². The molecule has 1 aliphatic carbocycles. The molecule has 1 fully saturated rings. The molecule has 0 amide bonds. The van der Waals surface area contributed by atoms with Crippen LogP contribution in [0.25, 0.3) is 0 Å². The highest BCUT2D eigenvalue weighted by Gasteiger charge is 2.27. The van der Waals surface area contributed by atoms with Crippen LogP contribution in [0, 0.1) is 17.8 Å². The number of rotatable bonds is 5. The Bertz CT molecular complexity index is 180. The van der Waals surface area contributed by atoms with Crippen LogP contribution in [-0.2, 0) is 0 Å². The zero-order valence-electron chi connectivity index (χ0n) is 11.9. The zero-order chi connectivity index (χ0) is 12.1. The minimum absolute atomic E-state index is 0.615. The van der Waals surface area contributed by atoms with Gasteiger partial charge in [0.1, 0.15) is 0 Å². The molecule has 0 aromatic carbocycles. The summed E-state index contributed by atoms with van der Waals surface area (Å²) in [5.41, 5.74) is 0. The summed E-state index contributed by atoms with van der Waals surface area (Å²) in [5.74, 6) is 2.82. The van der Waals surface area contributed by atoms with Crippen molar-refractivity contribution in [2.24, 2.45) is 17.8 Å². The maximum Gasteiger partial charge on any atom is 0.00693 e. The fourth-order valence-electron chi connectivity index (χ4n) is 3.21. The second kappa shape index (κ2) is 6.64. The van der Waals surface area contributed by atoms with Crippen LogP contribution >= 0.6 is 0 Å². The van der Waals surface area contributed by atoms with Crippen LogP contribution in [-0.4, -0.2) is 12.1 Å². The van der Waals surface area contributed by atoms with Gasteiger partial charge in [0.25, 0.3) is 0 Å². The molecule has 0 aliphatic heterocycles. The molecule has 1 rings (SSSR count). The molecular weight excluding hydrogens is 194 g/mol. The Kier molecular flexibility index (Phi) is 5.82. The van der Waals surface area contributed by atoms with Gasteiger partial charge in [0.05, 0.1) is 0 Å². The fourth-order valence-corrected chi connectivity index (χ4v) is 3.21. The van der Waals surface area contributed by atoms with Gasteiger partial charge in [-0.2, -0.15) is 0 Å². The van der Waals surface area contributed by atoms with Crippen molar-refractivity contribution in [1.82, 2.24) is 5.32 Å². The molecule has 1 N–H and O–H groups in total. The Morgan fingerprint density at radius 2 is 1.56 bits per heavy atom. The van der Waals surface area contributed by atoms with Crippen LogP contribution in [0.1, 0.15) is 66.7 Å². The molecule has 0 heterocycles. The summed E-state index contributed by atoms with van der Waals surface area (Å²) >= 11 is 0. The van der Waals surface area contributed by atoms with Gasteiger partial charge in [-0.05, 0) is 37.5 Å². The van der Waals surface area contributed by atoms with Crippen molar-refractivity contribution in [2.45, 2.75) is 78.8 Å². The second-order valence-electron chi connectivity index (χ2n) is 6.16. The van der Waals surface area contributed by atoms with E-state index >= 15 is 0 Å². The van der Waals surface area contributed by atoms with Crippen LogP contribution in [0.2, 0.25) is 0 Å². The molecule has 1 saturated carbocycles. The summed E-state index contributed by atoms with van der Waals surface area (Å²) in [6, 6.07) is 1.28. The summed E-state index contributed by atoms with van der Waals surface area (Å²) in [6.45, 7) is 11.6. The minimum Gasteiger partial charge on any atom is -0.312 e. The Balaban J connectivity index is 2.34. The Morgan fingerprint density at radius 1 is 1.00 bits per heavy atom. The molecule has 0 aromatic rings. The van der Waals surface area contributed by atoms with Crippen molar-refractivity contribution in [3.8, 4) is 0 Å². The molecule has 96 valence electrons. The van der Waals surface area contributed by atoms with E-state index in [1.165, 1.54) is 32.1 Å². The van der Waals surface area contributed by atoms with Crippen molar-refractivity contribution in [2.75, 3.05) is 0 Å². The summed E-state index contributed by atoms with van der Waals surface area (Å²) < 4.78 is 0. The molecule has 0 radical (unpaired) electrons. The molecule has 1 nitrogen and oxygen atoms in total. The summed E-state index contributed by atoms with van der Waals surface area (Å²) in [5, 5.41) is 3.66. The predicted molar refractivity (Wildman–Crippen MR) is 72.6 cm³/mol. The van der Waals surface area contributed by atoms with Crippen molar-refractivity contribution in [3.63, 3.8) is 0 Å². The van der Waals surface area contributed by atoms with E-state index in [9.17, 15) is 0 Å². The molecule has 1 aliphatic rings. The zero-order valence-corrected chi connectivity index (χ0v) is 11.9. The molecule has 0 saturated heterocycles. The van der Waals surface area contributed by atoms with Gasteiger partial charge in [-0.15, -0.1) is 0 Å². The molecule has 0 bridgehead atoms. The molecule has 2 atom stereocenters. The topological polar surface area (TPSA) is 12.0 Å². The quantitative estimate of drug-likeness (QED) is 0.738. The third-order valence-electron chi connectivity index (χ3n) is 4.60. The maximum atomic E-state index is 3.66. The largest absolute Gasteiger partial charge is 0.312 e. The van der Waals surface area contributed by atoms with Gasteiger partial charge in [-0.3, -0.25) is 0 Å². The van der Waals surface area contributed by atoms with Crippen molar-refractivity contribution in [3.05, 3.63) is 0 Å².